The lowest BCUT2D eigenvalue weighted by molar-refractivity contribution is 0.657. The zero-order valence-corrected chi connectivity index (χ0v) is 29.2. The summed E-state index contributed by atoms with van der Waals surface area (Å²) in [6, 6.07) is 61.6. The number of fused-ring (bicyclic) bond motifs is 6. The number of hydrogen-bond donors (Lipinski definition) is 0. The minimum atomic E-state index is 0.330. The highest BCUT2D eigenvalue weighted by Crippen LogP contribution is 2.46. The standard InChI is InChI=1S/C51H36O/c1-32(2)46-30-38(31-47-40-16-11-12-22-48(40)52-51(46)47)34-23-26-35(27-24-34)49-42-18-7-9-20-44(42)50(45-21-10-8-19-43(45)49)41-17-6-5-15-39(41)37-28-25-33-13-3-4-14-36(33)29-37/h3-32H,1-2H3/i3D. The number of hydrogen-bond acceptors (Lipinski definition) is 1. The molecule has 0 atom stereocenters. The molecule has 0 bridgehead atoms. The molecule has 1 heteroatoms. The molecule has 0 aliphatic carbocycles. The Morgan fingerprint density at radius 3 is 1.73 bits per heavy atom. The highest BCUT2D eigenvalue weighted by molar-refractivity contribution is 6.22. The van der Waals surface area contributed by atoms with E-state index in [2.05, 4.69) is 166 Å². The lowest BCUT2D eigenvalue weighted by atomic mass is 9.83. The van der Waals surface area contributed by atoms with Crippen LogP contribution >= 0.6 is 0 Å². The fourth-order valence-electron chi connectivity index (χ4n) is 8.25. The van der Waals surface area contributed by atoms with E-state index in [0.29, 0.717) is 12.0 Å². The first-order chi connectivity index (χ1) is 26.0. The molecule has 0 aliphatic rings. The van der Waals surface area contributed by atoms with Crippen LogP contribution in [-0.2, 0) is 0 Å². The third-order valence-electron chi connectivity index (χ3n) is 10.8. The zero-order chi connectivity index (χ0) is 35.6. The van der Waals surface area contributed by atoms with Crippen molar-refractivity contribution in [3.8, 4) is 44.5 Å². The van der Waals surface area contributed by atoms with Crippen molar-refractivity contribution in [2.24, 2.45) is 0 Å². The molecule has 0 unspecified atom stereocenters. The molecule has 0 radical (unpaired) electrons. The smallest absolute Gasteiger partial charge is 0.138 e. The van der Waals surface area contributed by atoms with Crippen LogP contribution in [0.3, 0.4) is 0 Å². The lowest BCUT2D eigenvalue weighted by Crippen LogP contribution is -1.93. The van der Waals surface area contributed by atoms with Gasteiger partial charge >= 0.3 is 0 Å². The number of furan rings is 1. The van der Waals surface area contributed by atoms with Crippen molar-refractivity contribution < 1.29 is 5.79 Å². The van der Waals surface area contributed by atoms with E-state index < -0.39 is 0 Å². The largest absolute Gasteiger partial charge is 0.456 e. The third-order valence-corrected chi connectivity index (χ3v) is 10.8. The van der Waals surface area contributed by atoms with Crippen molar-refractivity contribution in [2.45, 2.75) is 19.8 Å². The summed E-state index contributed by atoms with van der Waals surface area (Å²) in [6.07, 6.45) is 0. The van der Waals surface area contributed by atoms with E-state index >= 15 is 0 Å². The predicted molar refractivity (Wildman–Crippen MR) is 222 cm³/mol. The maximum atomic E-state index is 8.09. The predicted octanol–water partition coefficient (Wildman–Crippen LogP) is 14.8. The van der Waals surface area contributed by atoms with Gasteiger partial charge in [-0.3, -0.25) is 0 Å². The van der Waals surface area contributed by atoms with E-state index in [9.17, 15) is 0 Å². The van der Waals surface area contributed by atoms with Gasteiger partial charge in [0.1, 0.15) is 11.2 Å². The number of benzene rings is 9. The zero-order valence-electron chi connectivity index (χ0n) is 30.2. The molecule has 1 aromatic heterocycles. The molecule has 10 rings (SSSR count). The molecule has 1 heterocycles. The van der Waals surface area contributed by atoms with Crippen molar-refractivity contribution in [3.63, 3.8) is 0 Å². The van der Waals surface area contributed by atoms with Crippen molar-refractivity contribution >= 4 is 54.3 Å². The quantitative estimate of drug-likeness (QED) is 0.167. The Balaban J connectivity index is 1.15. The molecule has 0 saturated carbocycles. The normalized spacial score (nSPS) is 12.1. The van der Waals surface area contributed by atoms with Gasteiger partial charge in [0.15, 0.2) is 0 Å². The Morgan fingerprint density at radius 1 is 0.423 bits per heavy atom. The van der Waals surface area contributed by atoms with Crippen molar-refractivity contribution in [1.29, 1.82) is 0 Å². The summed E-state index contributed by atoms with van der Waals surface area (Å²) < 4.78 is 14.5. The van der Waals surface area contributed by atoms with E-state index in [1.807, 2.05) is 18.2 Å². The summed E-state index contributed by atoms with van der Waals surface area (Å²) in [7, 11) is 0. The Hall–Kier alpha value is -6.44. The third kappa shape index (κ3) is 4.85. The first-order valence-electron chi connectivity index (χ1n) is 18.6. The second-order valence-corrected chi connectivity index (χ2v) is 14.1. The van der Waals surface area contributed by atoms with E-state index in [0.717, 1.165) is 27.3 Å². The summed E-state index contributed by atoms with van der Waals surface area (Å²) >= 11 is 0. The van der Waals surface area contributed by atoms with Gasteiger partial charge in [0.25, 0.3) is 0 Å². The molecule has 0 aliphatic heterocycles. The van der Waals surface area contributed by atoms with E-state index in [1.165, 1.54) is 77.0 Å². The van der Waals surface area contributed by atoms with E-state index in [-0.39, 0.29) is 0 Å². The van der Waals surface area contributed by atoms with Gasteiger partial charge < -0.3 is 4.42 Å². The molecule has 52 heavy (non-hydrogen) atoms. The average Bonchev–Trinajstić information content (AvgIpc) is 3.58. The molecule has 246 valence electrons. The molecule has 10 aromatic rings. The number of rotatable bonds is 5. The molecular weight excluding hydrogens is 629 g/mol. The second-order valence-electron chi connectivity index (χ2n) is 14.1. The van der Waals surface area contributed by atoms with Gasteiger partial charge in [0.2, 0.25) is 0 Å². The lowest BCUT2D eigenvalue weighted by Gasteiger charge is -2.20. The summed E-state index contributed by atoms with van der Waals surface area (Å²) in [5, 5.41) is 9.49. The van der Waals surface area contributed by atoms with Crippen LogP contribution in [0.15, 0.2) is 180 Å². The average molecular weight is 666 g/mol. The van der Waals surface area contributed by atoms with Gasteiger partial charge in [-0.25, -0.2) is 0 Å². The Bertz CT molecular complexity index is 2980. The topological polar surface area (TPSA) is 13.1 Å². The van der Waals surface area contributed by atoms with Gasteiger partial charge in [-0.1, -0.05) is 165 Å². The van der Waals surface area contributed by atoms with Crippen LogP contribution in [0.25, 0.3) is 98.8 Å². The molecule has 9 aromatic carbocycles. The van der Waals surface area contributed by atoms with Crippen LogP contribution in [-0.4, -0.2) is 0 Å². The van der Waals surface area contributed by atoms with Crippen molar-refractivity contribution in [1.82, 2.24) is 0 Å². The van der Waals surface area contributed by atoms with Crippen LogP contribution in [0, 0.1) is 0 Å². The Morgan fingerprint density at radius 2 is 1.02 bits per heavy atom. The van der Waals surface area contributed by atoms with Gasteiger partial charge in [0.05, 0.1) is 1.37 Å². The summed E-state index contributed by atoms with van der Waals surface area (Å²) in [4.78, 5) is 0. The molecule has 0 amide bonds. The van der Waals surface area contributed by atoms with Gasteiger partial charge in [-0.05, 0) is 113 Å². The second kappa shape index (κ2) is 12.1. The minimum Gasteiger partial charge on any atom is -0.456 e. The first kappa shape index (κ1) is 29.3. The Kier molecular flexibility index (Phi) is 6.82. The van der Waals surface area contributed by atoms with Crippen LogP contribution in [0.5, 0.6) is 0 Å². The van der Waals surface area contributed by atoms with Crippen LogP contribution in [0.4, 0.5) is 0 Å². The molecule has 1 nitrogen and oxygen atoms in total. The molecule has 0 saturated heterocycles. The summed E-state index contributed by atoms with van der Waals surface area (Å²) in [6.45, 7) is 4.48. The molecular formula is C51H36O. The highest BCUT2D eigenvalue weighted by atomic mass is 16.3. The van der Waals surface area contributed by atoms with Gasteiger partial charge in [0, 0.05) is 10.8 Å². The summed E-state index contributed by atoms with van der Waals surface area (Å²) in [5.41, 5.74) is 12.8. The minimum absolute atomic E-state index is 0.330. The van der Waals surface area contributed by atoms with Crippen molar-refractivity contribution in [2.75, 3.05) is 0 Å². The highest BCUT2D eigenvalue weighted by Gasteiger charge is 2.20. The fourth-order valence-corrected chi connectivity index (χ4v) is 8.25. The first-order valence-corrected chi connectivity index (χ1v) is 18.1. The maximum absolute atomic E-state index is 8.09. The van der Waals surface area contributed by atoms with Crippen LogP contribution < -0.4 is 0 Å². The fraction of sp³-hybridized carbons (Fsp3) is 0.0588. The van der Waals surface area contributed by atoms with Gasteiger partial charge in [-0.2, -0.15) is 0 Å². The Labute approximate surface area is 304 Å². The molecule has 0 N–H and O–H groups in total. The maximum Gasteiger partial charge on any atom is 0.138 e. The SMILES string of the molecule is [2H]c1ccc2cc(-c3ccccc3-c3c4ccccc4c(-c4ccc(-c5cc(C(C)C)c6oc7ccccc7c6c5)cc4)c4ccccc34)ccc2c1. The van der Waals surface area contributed by atoms with E-state index in [4.69, 9.17) is 5.79 Å². The monoisotopic (exact) mass is 665 g/mol. The number of para-hydroxylation sites is 1. The van der Waals surface area contributed by atoms with Crippen molar-refractivity contribution in [3.05, 3.63) is 181 Å². The van der Waals surface area contributed by atoms with Gasteiger partial charge in [-0.15, -0.1) is 0 Å². The van der Waals surface area contributed by atoms with Crippen LogP contribution in [0.1, 0.15) is 26.7 Å². The van der Waals surface area contributed by atoms with Crippen LogP contribution in [0.2, 0.25) is 0 Å². The molecule has 0 spiro atoms. The summed E-state index contributed by atoms with van der Waals surface area (Å²) in [5.74, 6) is 0.330. The van der Waals surface area contributed by atoms with E-state index in [1.54, 1.807) is 0 Å². The molecule has 0 fully saturated rings.